The lowest BCUT2D eigenvalue weighted by Gasteiger charge is -2.37. The monoisotopic (exact) mass is 183 g/mol. The summed E-state index contributed by atoms with van der Waals surface area (Å²) in [5.74, 6) is 1.58. The first-order valence-electron chi connectivity index (χ1n) is 5.64. The van der Waals surface area contributed by atoms with Gasteiger partial charge in [-0.25, -0.2) is 0 Å². The molecule has 1 heterocycles. The third-order valence-electron chi connectivity index (χ3n) is 3.57. The average Bonchev–Trinajstić information content (AvgIpc) is 2.92. The Hall–Kier alpha value is -0.0800. The molecule has 2 aliphatic rings. The summed E-state index contributed by atoms with van der Waals surface area (Å²) in [5, 5.41) is 9.07. The SMILES string of the molecule is C[C@H]1C[C@@H](CO)CCN1CC1CC1. The van der Waals surface area contributed by atoms with E-state index in [0.717, 1.165) is 5.92 Å². The summed E-state index contributed by atoms with van der Waals surface area (Å²) >= 11 is 0. The number of piperidine rings is 1. The van der Waals surface area contributed by atoms with Gasteiger partial charge in [0, 0.05) is 19.2 Å². The lowest BCUT2D eigenvalue weighted by Crippen LogP contribution is -2.42. The molecule has 2 rings (SSSR count). The summed E-state index contributed by atoms with van der Waals surface area (Å²) in [7, 11) is 0. The quantitative estimate of drug-likeness (QED) is 0.716. The molecule has 1 saturated carbocycles. The molecule has 2 atom stereocenters. The molecule has 0 spiro atoms. The second-order valence-corrected chi connectivity index (χ2v) is 4.86. The zero-order valence-electron chi connectivity index (χ0n) is 8.58. The van der Waals surface area contributed by atoms with Crippen LogP contribution in [0, 0.1) is 11.8 Å². The number of hydrogen-bond donors (Lipinski definition) is 1. The van der Waals surface area contributed by atoms with Gasteiger partial charge in [-0.1, -0.05) is 0 Å². The molecule has 0 unspecified atom stereocenters. The Morgan fingerprint density at radius 3 is 2.54 bits per heavy atom. The van der Waals surface area contributed by atoms with Gasteiger partial charge in [0.1, 0.15) is 0 Å². The molecule has 1 N–H and O–H groups in total. The number of aliphatic hydroxyl groups excluding tert-OH is 1. The van der Waals surface area contributed by atoms with Gasteiger partial charge < -0.3 is 10.0 Å². The topological polar surface area (TPSA) is 23.5 Å². The van der Waals surface area contributed by atoms with E-state index < -0.39 is 0 Å². The average molecular weight is 183 g/mol. The summed E-state index contributed by atoms with van der Waals surface area (Å²) < 4.78 is 0. The van der Waals surface area contributed by atoms with E-state index in [1.165, 1.54) is 38.8 Å². The van der Waals surface area contributed by atoms with Crippen molar-refractivity contribution < 1.29 is 5.11 Å². The predicted molar refractivity (Wildman–Crippen MR) is 53.6 cm³/mol. The molecule has 13 heavy (non-hydrogen) atoms. The van der Waals surface area contributed by atoms with E-state index in [2.05, 4.69) is 11.8 Å². The molecule has 2 heteroatoms. The molecule has 0 aromatic carbocycles. The third kappa shape index (κ3) is 2.44. The molecule has 0 amide bonds. The van der Waals surface area contributed by atoms with Crippen molar-refractivity contribution in [2.75, 3.05) is 19.7 Å². The highest BCUT2D eigenvalue weighted by atomic mass is 16.3. The van der Waals surface area contributed by atoms with E-state index in [-0.39, 0.29) is 0 Å². The number of hydrogen-bond acceptors (Lipinski definition) is 2. The van der Waals surface area contributed by atoms with Gasteiger partial charge in [-0.3, -0.25) is 0 Å². The molecule has 1 aliphatic heterocycles. The standard InChI is InChI=1S/C11H21NO/c1-9-6-11(8-13)4-5-12(9)7-10-2-3-10/h9-11,13H,2-8H2,1H3/t9-,11-/m0/s1. The van der Waals surface area contributed by atoms with E-state index in [4.69, 9.17) is 5.11 Å². The van der Waals surface area contributed by atoms with Gasteiger partial charge in [0.2, 0.25) is 0 Å². The number of nitrogens with zero attached hydrogens (tertiary/aromatic N) is 1. The predicted octanol–water partition coefficient (Wildman–Crippen LogP) is 1.49. The van der Waals surface area contributed by atoms with Crippen molar-refractivity contribution in [3.8, 4) is 0 Å². The largest absolute Gasteiger partial charge is 0.396 e. The van der Waals surface area contributed by atoms with Crippen molar-refractivity contribution >= 4 is 0 Å². The number of rotatable bonds is 3. The van der Waals surface area contributed by atoms with Crippen LogP contribution in [-0.4, -0.2) is 35.7 Å². The van der Waals surface area contributed by atoms with E-state index in [1.54, 1.807) is 0 Å². The van der Waals surface area contributed by atoms with E-state index >= 15 is 0 Å². The highest BCUT2D eigenvalue weighted by molar-refractivity contribution is 4.84. The lowest BCUT2D eigenvalue weighted by atomic mass is 9.92. The van der Waals surface area contributed by atoms with Crippen molar-refractivity contribution in [3.63, 3.8) is 0 Å². The minimum Gasteiger partial charge on any atom is -0.396 e. The van der Waals surface area contributed by atoms with E-state index in [0.29, 0.717) is 18.6 Å². The molecule has 1 saturated heterocycles. The van der Waals surface area contributed by atoms with Gasteiger partial charge in [0.25, 0.3) is 0 Å². The molecule has 2 fully saturated rings. The zero-order chi connectivity index (χ0) is 9.26. The number of aliphatic hydroxyl groups is 1. The normalized spacial score (nSPS) is 36.5. The first kappa shape index (κ1) is 9.47. The summed E-state index contributed by atoms with van der Waals surface area (Å²) in [4.78, 5) is 2.61. The van der Waals surface area contributed by atoms with Gasteiger partial charge in [-0.15, -0.1) is 0 Å². The molecule has 0 radical (unpaired) electrons. The zero-order valence-corrected chi connectivity index (χ0v) is 8.58. The van der Waals surface area contributed by atoms with Crippen molar-refractivity contribution in [1.82, 2.24) is 4.90 Å². The molecule has 0 bridgehead atoms. The molecule has 1 aliphatic carbocycles. The maximum atomic E-state index is 9.07. The Kier molecular flexibility index (Phi) is 2.89. The van der Waals surface area contributed by atoms with Crippen LogP contribution < -0.4 is 0 Å². The molecular formula is C11H21NO. The molecule has 0 aromatic heterocycles. The van der Waals surface area contributed by atoms with Crippen molar-refractivity contribution in [3.05, 3.63) is 0 Å². The summed E-state index contributed by atoms with van der Waals surface area (Å²) in [6.45, 7) is 5.23. The minimum absolute atomic E-state index is 0.390. The molecular weight excluding hydrogens is 162 g/mol. The van der Waals surface area contributed by atoms with E-state index in [1.807, 2.05) is 0 Å². The maximum Gasteiger partial charge on any atom is 0.0460 e. The first-order chi connectivity index (χ1) is 6.29. The van der Waals surface area contributed by atoms with Gasteiger partial charge in [-0.05, 0) is 51.0 Å². The van der Waals surface area contributed by atoms with Crippen molar-refractivity contribution in [2.24, 2.45) is 11.8 Å². The van der Waals surface area contributed by atoms with Crippen molar-refractivity contribution in [2.45, 2.75) is 38.6 Å². The Bertz CT molecular complexity index is 167. The smallest absolute Gasteiger partial charge is 0.0460 e. The summed E-state index contributed by atoms with van der Waals surface area (Å²) in [5.41, 5.74) is 0. The summed E-state index contributed by atoms with van der Waals surface area (Å²) in [6, 6.07) is 0.700. The van der Waals surface area contributed by atoms with Crippen LogP contribution in [0.25, 0.3) is 0 Å². The minimum atomic E-state index is 0.390. The van der Waals surface area contributed by atoms with Crippen LogP contribution in [0.3, 0.4) is 0 Å². The first-order valence-corrected chi connectivity index (χ1v) is 5.64. The highest BCUT2D eigenvalue weighted by Gasteiger charge is 2.30. The second-order valence-electron chi connectivity index (χ2n) is 4.86. The van der Waals surface area contributed by atoms with Crippen molar-refractivity contribution in [1.29, 1.82) is 0 Å². The fourth-order valence-corrected chi connectivity index (χ4v) is 2.39. The summed E-state index contributed by atoms with van der Waals surface area (Å²) in [6.07, 6.45) is 5.30. The van der Waals surface area contributed by atoms with E-state index in [9.17, 15) is 0 Å². The Labute approximate surface area is 80.9 Å². The Morgan fingerprint density at radius 1 is 1.23 bits per heavy atom. The van der Waals surface area contributed by atoms with Crippen LogP contribution in [0.1, 0.15) is 32.6 Å². The third-order valence-corrected chi connectivity index (χ3v) is 3.57. The van der Waals surface area contributed by atoms with Crippen LogP contribution in [0.15, 0.2) is 0 Å². The van der Waals surface area contributed by atoms with Crippen LogP contribution >= 0.6 is 0 Å². The van der Waals surface area contributed by atoms with Crippen LogP contribution in [0.4, 0.5) is 0 Å². The molecule has 0 aromatic rings. The Morgan fingerprint density at radius 2 is 2.00 bits per heavy atom. The maximum absolute atomic E-state index is 9.07. The van der Waals surface area contributed by atoms with Crippen LogP contribution in [0.5, 0.6) is 0 Å². The van der Waals surface area contributed by atoms with Gasteiger partial charge in [-0.2, -0.15) is 0 Å². The van der Waals surface area contributed by atoms with Gasteiger partial charge in [0.05, 0.1) is 0 Å². The molecule has 2 nitrogen and oxygen atoms in total. The lowest BCUT2D eigenvalue weighted by molar-refractivity contribution is 0.0858. The fraction of sp³-hybridized carbons (Fsp3) is 1.00. The molecule has 76 valence electrons. The fourth-order valence-electron chi connectivity index (χ4n) is 2.39. The van der Waals surface area contributed by atoms with Crippen LogP contribution in [0.2, 0.25) is 0 Å². The second kappa shape index (κ2) is 3.97. The van der Waals surface area contributed by atoms with Gasteiger partial charge in [0.15, 0.2) is 0 Å². The van der Waals surface area contributed by atoms with Crippen LogP contribution in [-0.2, 0) is 0 Å². The Balaban J connectivity index is 1.78. The van der Waals surface area contributed by atoms with Gasteiger partial charge >= 0.3 is 0 Å². The number of likely N-dealkylation sites (tertiary alicyclic amines) is 1. The highest BCUT2D eigenvalue weighted by Crippen LogP contribution is 2.32.